The maximum absolute atomic E-state index is 3.59. The number of nitrogens with zero attached hydrogens (tertiary/aromatic N) is 2. The molecular formula is C14H29N3. The van der Waals surface area contributed by atoms with Gasteiger partial charge in [0, 0.05) is 18.6 Å². The van der Waals surface area contributed by atoms with Gasteiger partial charge >= 0.3 is 0 Å². The minimum Gasteiger partial charge on any atom is -0.314 e. The van der Waals surface area contributed by atoms with Gasteiger partial charge in [0.05, 0.1) is 0 Å². The molecule has 0 saturated carbocycles. The monoisotopic (exact) mass is 239 g/mol. The summed E-state index contributed by atoms with van der Waals surface area (Å²) in [5.74, 6) is 0. The van der Waals surface area contributed by atoms with E-state index in [0.717, 1.165) is 18.6 Å². The molecule has 2 fully saturated rings. The van der Waals surface area contributed by atoms with Gasteiger partial charge in [-0.05, 0) is 58.4 Å². The summed E-state index contributed by atoms with van der Waals surface area (Å²) >= 11 is 0. The molecule has 0 bridgehead atoms. The van der Waals surface area contributed by atoms with Crippen molar-refractivity contribution in [2.45, 2.75) is 51.6 Å². The Morgan fingerprint density at radius 1 is 1.06 bits per heavy atom. The lowest BCUT2D eigenvalue weighted by Gasteiger charge is -2.42. The Balaban J connectivity index is 1.76. The first kappa shape index (κ1) is 13.3. The fourth-order valence-corrected chi connectivity index (χ4v) is 3.37. The topological polar surface area (TPSA) is 18.5 Å². The van der Waals surface area contributed by atoms with E-state index in [4.69, 9.17) is 0 Å². The molecule has 1 unspecified atom stereocenters. The number of hydrogen-bond donors (Lipinski definition) is 1. The summed E-state index contributed by atoms with van der Waals surface area (Å²) in [7, 11) is 0. The normalized spacial score (nSPS) is 29.6. The van der Waals surface area contributed by atoms with Gasteiger partial charge in [-0.3, -0.25) is 4.90 Å². The van der Waals surface area contributed by atoms with Gasteiger partial charge in [-0.25, -0.2) is 0 Å². The van der Waals surface area contributed by atoms with E-state index >= 15 is 0 Å². The zero-order valence-corrected chi connectivity index (χ0v) is 11.6. The van der Waals surface area contributed by atoms with Crippen molar-refractivity contribution in [3.63, 3.8) is 0 Å². The van der Waals surface area contributed by atoms with Crippen molar-refractivity contribution in [1.29, 1.82) is 0 Å². The van der Waals surface area contributed by atoms with Crippen LogP contribution in [0.15, 0.2) is 0 Å². The Morgan fingerprint density at radius 3 is 2.47 bits per heavy atom. The van der Waals surface area contributed by atoms with E-state index in [-0.39, 0.29) is 0 Å². The van der Waals surface area contributed by atoms with E-state index < -0.39 is 0 Å². The van der Waals surface area contributed by atoms with Gasteiger partial charge in [0.1, 0.15) is 0 Å². The second-order valence-corrected chi connectivity index (χ2v) is 5.56. The van der Waals surface area contributed by atoms with Crippen LogP contribution >= 0.6 is 0 Å². The quantitative estimate of drug-likeness (QED) is 0.803. The molecule has 0 aromatic rings. The number of nitrogens with one attached hydrogen (secondary N) is 1. The number of piperidine rings is 2. The maximum atomic E-state index is 3.59. The first-order valence-corrected chi connectivity index (χ1v) is 7.53. The van der Waals surface area contributed by atoms with Gasteiger partial charge in [-0.2, -0.15) is 0 Å². The Hall–Kier alpha value is -0.120. The zero-order valence-electron chi connectivity index (χ0n) is 11.6. The standard InChI is InChI=1S/C14H29N3/c1-3-15-13-7-10-17(11-8-13)14-6-5-9-16(4-2)12-14/h13-15H,3-12H2,1-2H3. The highest BCUT2D eigenvalue weighted by atomic mass is 15.2. The summed E-state index contributed by atoms with van der Waals surface area (Å²) in [6.07, 6.45) is 5.50. The van der Waals surface area contributed by atoms with E-state index in [1.807, 2.05) is 0 Å². The molecule has 0 aromatic heterocycles. The van der Waals surface area contributed by atoms with Gasteiger partial charge in [-0.15, -0.1) is 0 Å². The second kappa shape index (κ2) is 6.72. The van der Waals surface area contributed by atoms with Crippen LogP contribution in [0, 0.1) is 0 Å². The Kier molecular flexibility index (Phi) is 5.26. The predicted octanol–water partition coefficient (Wildman–Crippen LogP) is 1.54. The molecule has 2 heterocycles. The van der Waals surface area contributed by atoms with Crippen LogP contribution in [0.25, 0.3) is 0 Å². The fourth-order valence-electron chi connectivity index (χ4n) is 3.37. The molecule has 0 radical (unpaired) electrons. The lowest BCUT2D eigenvalue weighted by atomic mass is 9.98. The van der Waals surface area contributed by atoms with Crippen molar-refractivity contribution < 1.29 is 0 Å². The average Bonchev–Trinajstić information content (AvgIpc) is 2.40. The molecule has 17 heavy (non-hydrogen) atoms. The Labute approximate surface area is 107 Å². The molecular weight excluding hydrogens is 210 g/mol. The van der Waals surface area contributed by atoms with Gasteiger partial charge < -0.3 is 10.2 Å². The number of hydrogen-bond acceptors (Lipinski definition) is 3. The zero-order chi connectivity index (χ0) is 12.1. The minimum absolute atomic E-state index is 0.780. The van der Waals surface area contributed by atoms with Crippen molar-refractivity contribution in [1.82, 2.24) is 15.1 Å². The smallest absolute Gasteiger partial charge is 0.0223 e. The van der Waals surface area contributed by atoms with E-state index in [9.17, 15) is 0 Å². The number of likely N-dealkylation sites (N-methyl/N-ethyl adjacent to an activating group) is 1. The van der Waals surface area contributed by atoms with Crippen LogP contribution in [-0.2, 0) is 0 Å². The van der Waals surface area contributed by atoms with Gasteiger partial charge in [0.15, 0.2) is 0 Å². The highest BCUT2D eigenvalue weighted by Gasteiger charge is 2.27. The molecule has 2 rings (SSSR count). The summed E-state index contributed by atoms with van der Waals surface area (Å²) in [5.41, 5.74) is 0. The van der Waals surface area contributed by atoms with Crippen molar-refractivity contribution in [3.8, 4) is 0 Å². The predicted molar refractivity (Wildman–Crippen MR) is 73.4 cm³/mol. The summed E-state index contributed by atoms with van der Waals surface area (Å²) in [6, 6.07) is 1.62. The summed E-state index contributed by atoms with van der Waals surface area (Å²) in [4.78, 5) is 5.36. The number of rotatable bonds is 4. The Bertz CT molecular complexity index is 212. The Morgan fingerprint density at radius 2 is 1.82 bits per heavy atom. The molecule has 0 amide bonds. The van der Waals surface area contributed by atoms with Crippen LogP contribution in [-0.4, -0.2) is 61.2 Å². The van der Waals surface area contributed by atoms with Gasteiger partial charge in [0.25, 0.3) is 0 Å². The molecule has 2 aliphatic heterocycles. The van der Waals surface area contributed by atoms with E-state index in [2.05, 4.69) is 29.0 Å². The summed E-state index contributed by atoms with van der Waals surface area (Å²) in [5, 5.41) is 3.59. The fraction of sp³-hybridized carbons (Fsp3) is 1.00. The van der Waals surface area contributed by atoms with E-state index in [1.165, 1.54) is 58.4 Å². The average molecular weight is 239 g/mol. The van der Waals surface area contributed by atoms with Crippen molar-refractivity contribution >= 4 is 0 Å². The first-order chi connectivity index (χ1) is 8.33. The molecule has 0 aliphatic carbocycles. The summed E-state index contributed by atoms with van der Waals surface area (Å²) < 4.78 is 0. The third kappa shape index (κ3) is 3.67. The molecule has 3 heteroatoms. The molecule has 0 spiro atoms. The van der Waals surface area contributed by atoms with Crippen LogP contribution in [0.5, 0.6) is 0 Å². The molecule has 2 saturated heterocycles. The molecule has 1 N–H and O–H groups in total. The van der Waals surface area contributed by atoms with Crippen LogP contribution < -0.4 is 5.32 Å². The van der Waals surface area contributed by atoms with E-state index in [1.54, 1.807) is 0 Å². The molecule has 0 aromatic carbocycles. The van der Waals surface area contributed by atoms with Crippen LogP contribution in [0.4, 0.5) is 0 Å². The van der Waals surface area contributed by atoms with Crippen molar-refractivity contribution in [2.75, 3.05) is 39.3 Å². The number of likely N-dealkylation sites (tertiary alicyclic amines) is 2. The summed E-state index contributed by atoms with van der Waals surface area (Å²) in [6.45, 7) is 12.1. The minimum atomic E-state index is 0.780. The highest BCUT2D eigenvalue weighted by Crippen LogP contribution is 2.20. The van der Waals surface area contributed by atoms with Crippen LogP contribution in [0.2, 0.25) is 0 Å². The van der Waals surface area contributed by atoms with Crippen molar-refractivity contribution in [3.05, 3.63) is 0 Å². The molecule has 1 atom stereocenters. The first-order valence-electron chi connectivity index (χ1n) is 7.53. The van der Waals surface area contributed by atoms with Gasteiger partial charge in [0.2, 0.25) is 0 Å². The molecule has 3 nitrogen and oxygen atoms in total. The molecule has 100 valence electrons. The van der Waals surface area contributed by atoms with Crippen molar-refractivity contribution in [2.24, 2.45) is 0 Å². The van der Waals surface area contributed by atoms with E-state index in [0.29, 0.717) is 0 Å². The SMILES string of the molecule is CCNC1CCN(C2CCCN(CC)C2)CC1. The lowest BCUT2D eigenvalue weighted by molar-refractivity contribution is 0.0771. The third-order valence-corrected chi connectivity index (χ3v) is 4.47. The third-order valence-electron chi connectivity index (χ3n) is 4.47. The lowest BCUT2D eigenvalue weighted by Crippen LogP contribution is -2.52. The molecule has 2 aliphatic rings. The van der Waals surface area contributed by atoms with Crippen LogP contribution in [0.3, 0.4) is 0 Å². The van der Waals surface area contributed by atoms with Crippen LogP contribution in [0.1, 0.15) is 39.5 Å². The second-order valence-electron chi connectivity index (χ2n) is 5.56. The highest BCUT2D eigenvalue weighted by molar-refractivity contribution is 4.85. The van der Waals surface area contributed by atoms with Gasteiger partial charge in [-0.1, -0.05) is 13.8 Å². The largest absolute Gasteiger partial charge is 0.314 e. The maximum Gasteiger partial charge on any atom is 0.0223 e.